The van der Waals surface area contributed by atoms with Crippen molar-refractivity contribution in [3.05, 3.63) is 17.0 Å². The van der Waals surface area contributed by atoms with E-state index in [9.17, 15) is 4.79 Å². The number of hydrogen-bond donors (Lipinski definition) is 1. The molecule has 2 fully saturated rings. The average Bonchev–Trinajstić information content (AvgIpc) is 3.38. The number of carbonyl (C=O) groups is 1. The van der Waals surface area contributed by atoms with Gasteiger partial charge in [-0.25, -0.2) is 9.97 Å². The lowest BCUT2D eigenvalue weighted by atomic mass is 9.80. The normalized spacial score (nSPS) is 24.8. The highest BCUT2D eigenvalue weighted by Crippen LogP contribution is 2.40. The van der Waals surface area contributed by atoms with Crippen LogP contribution in [-0.2, 0) is 26.3 Å². The second kappa shape index (κ2) is 7.12. The van der Waals surface area contributed by atoms with Crippen molar-refractivity contribution in [1.29, 1.82) is 0 Å². The topological polar surface area (TPSA) is 76.6 Å². The summed E-state index contributed by atoms with van der Waals surface area (Å²) in [4.78, 5) is 23.9. The minimum Gasteiger partial charge on any atom is -0.384 e. The summed E-state index contributed by atoms with van der Waals surface area (Å²) >= 11 is 0. The van der Waals surface area contributed by atoms with Crippen molar-refractivity contribution < 1.29 is 14.3 Å². The van der Waals surface area contributed by atoms with Gasteiger partial charge in [0.2, 0.25) is 11.9 Å². The lowest BCUT2D eigenvalue weighted by molar-refractivity contribution is -0.131. The Labute approximate surface area is 154 Å². The zero-order chi connectivity index (χ0) is 18.1. The molecular formula is C19H28N4O3. The zero-order valence-electron chi connectivity index (χ0n) is 15.7. The summed E-state index contributed by atoms with van der Waals surface area (Å²) in [6.07, 6.45) is 3.91. The van der Waals surface area contributed by atoms with Crippen LogP contribution in [0.1, 0.15) is 42.6 Å². The Balaban J connectivity index is 1.56. The Morgan fingerprint density at radius 2 is 2.27 bits per heavy atom. The van der Waals surface area contributed by atoms with Gasteiger partial charge in [0.05, 0.1) is 37.4 Å². The molecule has 1 amide bonds. The molecule has 1 saturated carbocycles. The van der Waals surface area contributed by atoms with Gasteiger partial charge in [-0.3, -0.25) is 4.79 Å². The maximum atomic E-state index is 12.4. The van der Waals surface area contributed by atoms with E-state index < -0.39 is 0 Å². The number of ether oxygens (including phenoxy) is 2. The first-order valence-corrected chi connectivity index (χ1v) is 9.57. The molecular weight excluding hydrogens is 332 g/mol. The van der Waals surface area contributed by atoms with Gasteiger partial charge >= 0.3 is 0 Å². The van der Waals surface area contributed by atoms with E-state index in [2.05, 4.69) is 10.3 Å². The Morgan fingerprint density at radius 3 is 3.04 bits per heavy atom. The molecule has 142 valence electrons. The molecule has 3 aliphatic rings. The van der Waals surface area contributed by atoms with E-state index in [4.69, 9.17) is 14.5 Å². The first kappa shape index (κ1) is 17.7. The van der Waals surface area contributed by atoms with E-state index in [1.54, 1.807) is 7.11 Å². The van der Waals surface area contributed by atoms with Gasteiger partial charge in [-0.05, 0) is 32.1 Å². The first-order valence-electron chi connectivity index (χ1n) is 9.57. The number of hydrogen-bond acceptors (Lipinski definition) is 6. The molecule has 1 spiro atoms. The average molecular weight is 360 g/mol. The van der Waals surface area contributed by atoms with Gasteiger partial charge < -0.3 is 19.7 Å². The molecule has 0 unspecified atom stereocenters. The largest absolute Gasteiger partial charge is 0.384 e. The van der Waals surface area contributed by atoms with Crippen molar-refractivity contribution in [2.75, 3.05) is 45.3 Å². The van der Waals surface area contributed by atoms with Gasteiger partial charge in [0.15, 0.2) is 0 Å². The Bertz CT molecular complexity index is 692. The summed E-state index contributed by atoms with van der Waals surface area (Å²) in [5.41, 5.74) is 2.95. The number of amides is 1. The molecule has 0 radical (unpaired) electrons. The molecule has 3 heterocycles. The fourth-order valence-electron chi connectivity index (χ4n) is 4.00. The smallest absolute Gasteiger partial charge is 0.224 e. The van der Waals surface area contributed by atoms with Crippen molar-refractivity contribution in [3.63, 3.8) is 0 Å². The van der Waals surface area contributed by atoms with Crippen LogP contribution in [-0.4, -0.2) is 60.7 Å². The minimum absolute atomic E-state index is 0.147. The monoisotopic (exact) mass is 360 g/mol. The second-order valence-corrected chi connectivity index (χ2v) is 7.87. The van der Waals surface area contributed by atoms with Crippen molar-refractivity contribution in [2.45, 2.75) is 44.6 Å². The maximum absolute atomic E-state index is 12.4. The molecule has 0 aromatic carbocycles. The summed E-state index contributed by atoms with van der Waals surface area (Å²) in [6, 6.07) is 0. The van der Waals surface area contributed by atoms with Crippen molar-refractivity contribution in [3.8, 4) is 0 Å². The van der Waals surface area contributed by atoms with E-state index in [-0.39, 0.29) is 11.3 Å². The summed E-state index contributed by atoms with van der Waals surface area (Å²) in [5, 5.41) is 3.41. The third-order valence-corrected chi connectivity index (χ3v) is 5.81. The van der Waals surface area contributed by atoms with E-state index in [0.717, 1.165) is 48.3 Å². The van der Waals surface area contributed by atoms with Gasteiger partial charge in [-0.1, -0.05) is 0 Å². The molecule has 1 aromatic heterocycles. The molecule has 0 bridgehead atoms. The fourth-order valence-corrected chi connectivity index (χ4v) is 4.00. The number of rotatable bonds is 6. The molecule has 2 aliphatic heterocycles. The number of aromatic nitrogens is 2. The third kappa shape index (κ3) is 3.42. The van der Waals surface area contributed by atoms with Gasteiger partial charge in [-0.15, -0.1) is 0 Å². The molecule has 1 aromatic rings. The minimum atomic E-state index is -0.208. The number of aryl methyl sites for hydroxylation is 1. The number of nitrogens with one attached hydrogen (secondary N) is 1. The van der Waals surface area contributed by atoms with Crippen molar-refractivity contribution >= 4 is 11.9 Å². The highest BCUT2D eigenvalue weighted by atomic mass is 16.5. The van der Waals surface area contributed by atoms with E-state index in [0.29, 0.717) is 32.8 Å². The number of methoxy groups -OCH3 is 1. The lowest BCUT2D eigenvalue weighted by Gasteiger charge is -2.35. The van der Waals surface area contributed by atoms with E-state index >= 15 is 0 Å². The molecule has 1 N–H and O–H groups in total. The number of anilines is 1. The van der Waals surface area contributed by atoms with Crippen LogP contribution in [0, 0.1) is 12.8 Å². The Kier molecular flexibility index (Phi) is 4.84. The maximum Gasteiger partial charge on any atom is 0.224 e. The van der Waals surface area contributed by atoms with Crippen molar-refractivity contribution in [1.82, 2.24) is 14.9 Å². The van der Waals surface area contributed by atoms with Crippen LogP contribution in [0.15, 0.2) is 0 Å². The quantitative estimate of drug-likeness (QED) is 0.831. The predicted octanol–water partition coefficient (Wildman–Crippen LogP) is 1.64. The molecule has 4 rings (SSSR count). The van der Waals surface area contributed by atoms with Crippen LogP contribution in [0.25, 0.3) is 0 Å². The van der Waals surface area contributed by atoms with E-state index in [1.807, 2.05) is 11.8 Å². The molecule has 26 heavy (non-hydrogen) atoms. The standard InChI is InChI=1S/C19H28N4O3/c1-13-15-10-26-12-19(6-7-23(11-19)16(24)5-8-25-2)17(15)22-18(21-13)20-9-14-3-4-14/h14H,3-12H2,1-2H3,(H,20,21,22)/t19-/m1/s1. The summed E-state index contributed by atoms with van der Waals surface area (Å²) in [6.45, 7) is 6.03. The highest BCUT2D eigenvalue weighted by Gasteiger charge is 2.46. The van der Waals surface area contributed by atoms with Crippen LogP contribution in [0.3, 0.4) is 0 Å². The molecule has 7 nitrogen and oxygen atoms in total. The van der Waals surface area contributed by atoms with Crippen LogP contribution in [0.2, 0.25) is 0 Å². The summed E-state index contributed by atoms with van der Waals surface area (Å²) in [5.74, 6) is 1.64. The SMILES string of the molecule is COCCC(=O)N1CC[C@]2(COCc3c(C)nc(NCC4CC4)nc32)C1. The van der Waals surface area contributed by atoms with Crippen LogP contribution in [0.4, 0.5) is 5.95 Å². The van der Waals surface area contributed by atoms with Gasteiger partial charge in [0.25, 0.3) is 0 Å². The van der Waals surface area contributed by atoms with Crippen LogP contribution in [0.5, 0.6) is 0 Å². The van der Waals surface area contributed by atoms with Crippen LogP contribution < -0.4 is 5.32 Å². The Hall–Kier alpha value is -1.73. The van der Waals surface area contributed by atoms with Gasteiger partial charge in [0, 0.05) is 38.0 Å². The molecule has 1 saturated heterocycles. The van der Waals surface area contributed by atoms with E-state index in [1.165, 1.54) is 12.8 Å². The molecule has 1 atom stereocenters. The fraction of sp³-hybridized carbons (Fsp3) is 0.737. The number of likely N-dealkylation sites (tertiary alicyclic amines) is 1. The second-order valence-electron chi connectivity index (χ2n) is 7.87. The third-order valence-electron chi connectivity index (χ3n) is 5.81. The van der Waals surface area contributed by atoms with Gasteiger partial charge in [-0.2, -0.15) is 0 Å². The lowest BCUT2D eigenvalue weighted by Crippen LogP contribution is -2.42. The van der Waals surface area contributed by atoms with Crippen LogP contribution >= 0.6 is 0 Å². The Morgan fingerprint density at radius 1 is 1.42 bits per heavy atom. The summed E-state index contributed by atoms with van der Waals surface area (Å²) < 4.78 is 11.0. The number of fused-ring (bicyclic) bond motifs is 2. The molecule has 1 aliphatic carbocycles. The number of nitrogens with zero attached hydrogens (tertiary/aromatic N) is 3. The molecule has 7 heteroatoms. The summed E-state index contributed by atoms with van der Waals surface area (Å²) in [7, 11) is 1.62. The highest BCUT2D eigenvalue weighted by molar-refractivity contribution is 5.77. The van der Waals surface area contributed by atoms with Crippen molar-refractivity contribution in [2.24, 2.45) is 5.92 Å². The number of carbonyl (C=O) groups excluding carboxylic acids is 1. The first-order chi connectivity index (χ1) is 12.6. The zero-order valence-corrected chi connectivity index (χ0v) is 15.7. The van der Waals surface area contributed by atoms with Gasteiger partial charge in [0.1, 0.15) is 0 Å². The predicted molar refractivity (Wildman–Crippen MR) is 97.0 cm³/mol.